The van der Waals surface area contributed by atoms with Crippen LogP contribution in [0.4, 0.5) is 48.7 Å². The third-order valence-electron chi connectivity index (χ3n) is 7.54. The number of carbonyl (C=O) groups is 1. The van der Waals surface area contributed by atoms with Gasteiger partial charge in [0.1, 0.15) is 17.7 Å². The van der Waals surface area contributed by atoms with Crippen LogP contribution in [-0.2, 0) is 17.5 Å². The van der Waals surface area contributed by atoms with Gasteiger partial charge >= 0.3 is 24.6 Å². The summed E-state index contributed by atoms with van der Waals surface area (Å²) in [6.07, 6.45) is -18.0. The molecule has 0 radical (unpaired) electrons. The fourth-order valence-corrected chi connectivity index (χ4v) is 5.31. The van der Waals surface area contributed by atoms with Crippen molar-refractivity contribution in [3.05, 3.63) is 82.7 Å². The first-order chi connectivity index (χ1) is 20.2. The topological polar surface area (TPSA) is 38.8 Å². The Morgan fingerprint density at radius 1 is 1.00 bits per heavy atom. The number of cyclic esters (lactones) is 1. The highest BCUT2D eigenvalue weighted by Gasteiger charge is 2.48. The minimum atomic E-state index is -5.12. The molecule has 1 fully saturated rings. The van der Waals surface area contributed by atoms with Gasteiger partial charge in [-0.2, -0.15) is 39.5 Å². The summed E-state index contributed by atoms with van der Waals surface area (Å²) in [4.78, 5) is 13.9. The number of methoxy groups -OCH3 is 1. The van der Waals surface area contributed by atoms with Crippen LogP contribution < -0.4 is 4.74 Å². The second-order valence-electron chi connectivity index (χ2n) is 10.6. The van der Waals surface area contributed by atoms with Gasteiger partial charge in [0.2, 0.25) is 0 Å². The first-order valence-electron chi connectivity index (χ1n) is 13.0. The molecule has 3 atom stereocenters. The summed E-state index contributed by atoms with van der Waals surface area (Å²) < 4.78 is 147. The molecular formula is C30H25F10NO3. The third-order valence-corrected chi connectivity index (χ3v) is 7.54. The molecule has 1 aliphatic heterocycles. The molecule has 1 heterocycles. The molecule has 0 saturated carbocycles. The molecule has 4 rings (SSSR count). The molecule has 2 aromatic carbocycles. The SMILES string of the molecule is C=C(C)c1cc(-c2ccc(C(F)(F)F)cc2CN2C(=O)O[C@H](C3C=C(C(F)(F)F)C=C(C(F)(F)F)C3)[C@@H]2C)c(OC)cc1F. The van der Waals surface area contributed by atoms with Crippen molar-refractivity contribution in [3.8, 4) is 16.9 Å². The number of hydrogen-bond donors (Lipinski definition) is 0. The van der Waals surface area contributed by atoms with Crippen molar-refractivity contribution in [1.29, 1.82) is 0 Å². The van der Waals surface area contributed by atoms with Gasteiger partial charge in [-0.1, -0.05) is 18.7 Å². The van der Waals surface area contributed by atoms with Crippen LogP contribution in [0.5, 0.6) is 5.75 Å². The summed E-state index contributed by atoms with van der Waals surface area (Å²) in [6, 6.07) is 3.79. The Hall–Kier alpha value is -3.97. The summed E-state index contributed by atoms with van der Waals surface area (Å²) in [6.45, 7) is 5.93. The summed E-state index contributed by atoms with van der Waals surface area (Å²) in [5.74, 6) is -2.30. The number of benzene rings is 2. The normalized spacial score (nSPS) is 21.2. The lowest BCUT2D eigenvalue weighted by Crippen LogP contribution is -2.38. The van der Waals surface area contributed by atoms with Gasteiger partial charge in [-0.25, -0.2) is 9.18 Å². The first kappa shape index (κ1) is 32.9. The Morgan fingerprint density at radius 3 is 2.20 bits per heavy atom. The molecule has 0 spiro atoms. The summed E-state index contributed by atoms with van der Waals surface area (Å²) in [7, 11) is 1.21. The molecule has 0 N–H and O–H groups in total. The fourth-order valence-electron chi connectivity index (χ4n) is 5.31. The predicted octanol–water partition coefficient (Wildman–Crippen LogP) is 9.26. The molecule has 1 unspecified atom stereocenters. The average molecular weight is 638 g/mol. The molecule has 1 amide bonds. The minimum Gasteiger partial charge on any atom is -0.496 e. The van der Waals surface area contributed by atoms with Gasteiger partial charge in [-0.3, -0.25) is 4.90 Å². The van der Waals surface area contributed by atoms with Crippen LogP contribution in [0, 0.1) is 11.7 Å². The molecule has 0 bridgehead atoms. The Labute approximate surface area is 245 Å². The molecule has 1 aliphatic carbocycles. The Kier molecular flexibility index (Phi) is 8.62. The molecule has 1 saturated heterocycles. The fraction of sp³-hybridized carbons (Fsp3) is 0.367. The van der Waals surface area contributed by atoms with Gasteiger partial charge in [0.25, 0.3) is 0 Å². The van der Waals surface area contributed by atoms with Gasteiger partial charge in [0.15, 0.2) is 0 Å². The summed E-state index contributed by atoms with van der Waals surface area (Å²) in [5.41, 5.74) is -3.65. The zero-order valence-corrected chi connectivity index (χ0v) is 23.3. The maximum absolute atomic E-state index is 14.6. The largest absolute Gasteiger partial charge is 0.496 e. The number of allylic oxidation sites excluding steroid dienone is 4. The zero-order valence-electron chi connectivity index (χ0n) is 23.3. The standard InChI is InChI=1S/C30H25F10NO3/c1-14(2)22-11-23(25(43-4)12-24(22)31)21-6-5-18(28(32,33)34)9-17(21)13-41-15(3)26(44-27(41)42)16-7-19(29(35,36)37)10-20(8-16)30(38,39)40/h5-7,9-12,15-16,26H,1,8,13H2,2-4H3/t15-,16?,26-/m0/s1. The van der Waals surface area contributed by atoms with Crippen LogP contribution in [-0.4, -0.2) is 42.6 Å². The molecule has 44 heavy (non-hydrogen) atoms. The van der Waals surface area contributed by atoms with Crippen LogP contribution in [0.15, 0.2) is 60.2 Å². The van der Waals surface area contributed by atoms with Crippen molar-refractivity contribution in [2.24, 2.45) is 5.92 Å². The van der Waals surface area contributed by atoms with E-state index in [-0.39, 0.29) is 34.1 Å². The number of ether oxygens (including phenoxy) is 2. The van der Waals surface area contributed by atoms with E-state index in [1.165, 1.54) is 27.0 Å². The van der Waals surface area contributed by atoms with E-state index in [0.29, 0.717) is 11.6 Å². The third kappa shape index (κ3) is 6.58. The van der Waals surface area contributed by atoms with E-state index in [0.717, 1.165) is 29.2 Å². The number of nitrogens with zero attached hydrogens (tertiary/aromatic N) is 1. The number of carbonyl (C=O) groups excluding carboxylic acids is 1. The molecule has 14 heteroatoms. The van der Waals surface area contributed by atoms with Gasteiger partial charge in [0.05, 0.1) is 30.8 Å². The highest BCUT2D eigenvalue weighted by Crippen LogP contribution is 2.44. The molecule has 4 nitrogen and oxygen atoms in total. The van der Waals surface area contributed by atoms with Crippen molar-refractivity contribution in [1.82, 2.24) is 4.90 Å². The van der Waals surface area contributed by atoms with Crippen LogP contribution in [0.25, 0.3) is 16.7 Å². The van der Waals surface area contributed by atoms with Crippen molar-refractivity contribution < 1.29 is 58.2 Å². The van der Waals surface area contributed by atoms with Crippen LogP contribution >= 0.6 is 0 Å². The van der Waals surface area contributed by atoms with Crippen molar-refractivity contribution in [3.63, 3.8) is 0 Å². The van der Waals surface area contributed by atoms with Crippen molar-refractivity contribution >= 4 is 11.7 Å². The van der Waals surface area contributed by atoms with Gasteiger partial charge in [0, 0.05) is 28.7 Å². The van der Waals surface area contributed by atoms with Crippen LogP contribution in [0.1, 0.15) is 37.0 Å². The molecule has 0 aromatic heterocycles. The lowest BCUT2D eigenvalue weighted by atomic mass is 9.83. The number of amides is 1. The maximum atomic E-state index is 14.6. The molecule has 238 valence electrons. The van der Waals surface area contributed by atoms with Gasteiger partial charge < -0.3 is 9.47 Å². The van der Waals surface area contributed by atoms with E-state index in [9.17, 15) is 48.7 Å². The number of alkyl halides is 9. The Morgan fingerprint density at radius 2 is 1.66 bits per heavy atom. The van der Waals surface area contributed by atoms with E-state index < -0.39 is 78.2 Å². The molecule has 2 aliphatic rings. The van der Waals surface area contributed by atoms with Gasteiger partial charge in [-0.05, 0) is 61.2 Å². The molecule has 2 aromatic rings. The summed E-state index contributed by atoms with van der Waals surface area (Å²) >= 11 is 0. The van der Waals surface area contributed by atoms with Crippen LogP contribution in [0.3, 0.4) is 0 Å². The van der Waals surface area contributed by atoms with Crippen molar-refractivity contribution in [2.75, 3.05) is 7.11 Å². The number of rotatable bonds is 6. The van der Waals surface area contributed by atoms with Gasteiger partial charge in [-0.15, -0.1) is 0 Å². The predicted molar refractivity (Wildman–Crippen MR) is 140 cm³/mol. The van der Waals surface area contributed by atoms with E-state index in [2.05, 4.69) is 6.58 Å². The lowest BCUT2D eigenvalue weighted by molar-refractivity contribution is -0.137. The Balaban J connectivity index is 1.77. The Bertz CT molecular complexity index is 1540. The lowest BCUT2D eigenvalue weighted by Gasteiger charge is -2.30. The van der Waals surface area contributed by atoms with Crippen molar-refractivity contribution in [2.45, 2.75) is 57.5 Å². The number of hydrogen-bond acceptors (Lipinski definition) is 3. The molecular weight excluding hydrogens is 612 g/mol. The minimum absolute atomic E-state index is 0.0000763. The zero-order chi connectivity index (χ0) is 32.9. The van der Waals surface area contributed by atoms with E-state index in [1.807, 2.05) is 0 Å². The monoisotopic (exact) mass is 637 g/mol. The second-order valence-corrected chi connectivity index (χ2v) is 10.6. The van der Waals surface area contributed by atoms with E-state index in [1.54, 1.807) is 0 Å². The number of halogens is 10. The van der Waals surface area contributed by atoms with E-state index in [4.69, 9.17) is 9.47 Å². The summed E-state index contributed by atoms with van der Waals surface area (Å²) in [5, 5.41) is 0. The van der Waals surface area contributed by atoms with Crippen LogP contribution in [0.2, 0.25) is 0 Å². The smallest absolute Gasteiger partial charge is 0.416 e. The second kappa shape index (κ2) is 11.5. The van der Waals surface area contributed by atoms with E-state index >= 15 is 0 Å². The first-order valence-corrected chi connectivity index (χ1v) is 13.0. The quantitative estimate of drug-likeness (QED) is 0.297. The maximum Gasteiger partial charge on any atom is 0.416 e. The highest BCUT2D eigenvalue weighted by atomic mass is 19.4. The average Bonchev–Trinajstić information content (AvgIpc) is 3.19. The highest BCUT2D eigenvalue weighted by molar-refractivity contribution is 5.79.